The molecule has 0 amide bonds. The summed E-state index contributed by atoms with van der Waals surface area (Å²) in [6, 6.07) is 10.9. The smallest absolute Gasteiger partial charge is 0.200 e. The van der Waals surface area contributed by atoms with Crippen molar-refractivity contribution in [1.29, 1.82) is 0 Å². The maximum Gasteiger partial charge on any atom is 0.200 e. The van der Waals surface area contributed by atoms with Crippen LogP contribution in [-0.4, -0.2) is 37.3 Å². The maximum absolute atomic E-state index is 12.5. The highest BCUT2D eigenvalue weighted by atomic mass is 35.5. The van der Waals surface area contributed by atoms with Crippen molar-refractivity contribution in [1.82, 2.24) is 4.98 Å². The molecule has 1 fully saturated rings. The Kier molecular flexibility index (Phi) is 5.68. The van der Waals surface area contributed by atoms with Gasteiger partial charge in [0, 0.05) is 25.9 Å². The molecule has 5 nitrogen and oxygen atoms in total. The van der Waals surface area contributed by atoms with Crippen LogP contribution in [0.25, 0.3) is 0 Å². The molecule has 0 aliphatic carbocycles. The monoisotopic (exact) mass is 408 g/mol. The SMILES string of the molecule is CC(C)(C)S(=O)(=O)c1ccc(N2CCC(Oc3ccccc3Cl)CC2)cn1. The number of benzene rings is 1. The second-order valence-corrected chi connectivity index (χ2v) is 10.8. The van der Waals surface area contributed by atoms with Gasteiger partial charge in [0.1, 0.15) is 11.9 Å². The van der Waals surface area contributed by atoms with E-state index in [4.69, 9.17) is 16.3 Å². The summed E-state index contributed by atoms with van der Waals surface area (Å²) in [4.78, 5) is 6.41. The molecule has 2 heterocycles. The number of rotatable bonds is 4. The highest BCUT2D eigenvalue weighted by Crippen LogP contribution is 2.29. The molecule has 1 saturated heterocycles. The van der Waals surface area contributed by atoms with Gasteiger partial charge in [0.2, 0.25) is 0 Å². The Morgan fingerprint density at radius 2 is 1.78 bits per heavy atom. The normalized spacial score (nSPS) is 16.4. The molecule has 146 valence electrons. The Bertz CT molecular complexity index is 884. The van der Waals surface area contributed by atoms with Crippen molar-refractivity contribution in [2.45, 2.75) is 49.5 Å². The standard InChI is InChI=1S/C20H25ClN2O3S/c1-20(2,3)27(24,25)19-9-8-15(14-22-19)23-12-10-16(11-13-23)26-18-7-5-4-6-17(18)21/h4-9,14,16H,10-13H2,1-3H3. The molecule has 0 unspecified atom stereocenters. The van der Waals surface area contributed by atoms with E-state index < -0.39 is 14.6 Å². The molecule has 0 atom stereocenters. The average Bonchev–Trinajstić information content (AvgIpc) is 2.63. The summed E-state index contributed by atoms with van der Waals surface area (Å²) in [7, 11) is -3.43. The third-order valence-electron chi connectivity index (χ3n) is 4.74. The first-order valence-corrected chi connectivity index (χ1v) is 10.9. The van der Waals surface area contributed by atoms with Crippen molar-refractivity contribution >= 4 is 27.1 Å². The minimum Gasteiger partial charge on any atom is -0.489 e. The van der Waals surface area contributed by atoms with E-state index in [0.29, 0.717) is 5.02 Å². The van der Waals surface area contributed by atoms with E-state index in [9.17, 15) is 8.42 Å². The third kappa shape index (κ3) is 4.38. The maximum atomic E-state index is 12.5. The first-order valence-electron chi connectivity index (χ1n) is 9.05. The number of ether oxygens (including phenoxy) is 1. The Morgan fingerprint density at radius 1 is 1.11 bits per heavy atom. The lowest BCUT2D eigenvalue weighted by atomic mass is 10.1. The van der Waals surface area contributed by atoms with Crippen LogP contribution in [0.1, 0.15) is 33.6 Å². The van der Waals surface area contributed by atoms with Crippen molar-refractivity contribution in [3.8, 4) is 5.75 Å². The molecule has 0 spiro atoms. The number of hydrogen-bond donors (Lipinski definition) is 0. The van der Waals surface area contributed by atoms with Gasteiger partial charge in [0.25, 0.3) is 0 Å². The van der Waals surface area contributed by atoms with Crippen molar-refractivity contribution in [3.63, 3.8) is 0 Å². The van der Waals surface area contributed by atoms with Crippen LogP contribution in [0.2, 0.25) is 5.02 Å². The highest BCUT2D eigenvalue weighted by molar-refractivity contribution is 7.92. The van der Waals surface area contributed by atoms with Crippen LogP contribution in [0, 0.1) is 0 Å². The molecule has 7 heteroatoms. The average molecular weight is 409 g/mol. The lowest BCUT2D eigenvalue weighted by Gasteiger charge is -2.33. The van der Waals surface area contributed by atoms with E-state index in [1.54, 1.807) is 33.0 Å². The van der Waals surface area contributed by atoms with E-state index in [1.807, 2.05) is 30.3 Å². The number of aromatic nitrogens is 1. The summed E-state index contributed by atoms with van der Waals surface area (Å²) in [5, 5.41) is 0.746. The molecule has 1 aromatic carbocycles. The third-order valence-corrected chi connectivity index (χ3v) is 7.46. The first kappa shape index (κ1) is 20.0. The molecule has 1 aliphatic heterocycles. The van der Waals surface area contributed by atoms with Gasteiger partial charge >= 0.3 is 0 Å². The number of piperidine rings is 1. The molecule has 0 bridgehead atoms. The molecule has 0 saturated carbocycles. The number of sulfone groups is 1. The van der Waals surface area contributed by atoms with E-state index in [-0.39, 0.29) is 11.1 Å². The molecule has 2 aromatic rings. The number of anilines is 1. The minimum atomic E-state index is -3.43. The van der Waals surface area contributed by atoms with Gasteiger partial charge in [-0.3, -0.25) is 0 Å². The summed E-state index contributed by atoms with van der Waals surface area (Å²) < 4.78 is 30.1. The number of nitrogens with zero attached hydrogens (tertiary/aromatic N) is 2. The summed E-state index contributed by atoms with van der Waals surface area (Å²) in [6.07, 6.45) is 3.50. The zero-order chi connectivity index (χ0) is 19.7. The van der Waals surface area contributed by atoms with Crippen LogP contribution < -0.4 is 9.64 Å². The van der Waals surface area contributed by atoms with E-state index in [2.05, 4.69) is 9.88 Å². The quantitative estimate of drug-likeness (QED) is 0.752. The van der Waals surface area contributed by atoms with Gasteiger partial charge in [0.05, 0.1) is 21.7 Å². The van der Waals surface area contributed by atoms with E-state index in [0.717, 1.165) is 37.4 Å². The molecule has 0 radical (unpaired) electrons. The largest absolute Gasteiger partial charge is 0.489 e. The molecular formula is C20H25ClN2O3S. The van der Waals surface area contributed by atoms with Gasteiger partial charge in [-0.25, -0.2) is 13.4 Å². The Hall–Kier alpha value is -1.79. The van der Waals surface area contributed by atoms with Crippen LogP contribution in [0.3, 0.4) is 0 Å². The van der Waals surface area contributed by atoms with Gasteiger partial charge < -0.3 is 9.64 Å². The second-order valence-electron chi connectivity index (χ2n) is 7.71. The molecular weight excluding hydrogens is 384 g/mol. The van der Waals surface area contributed by atoms with E-state index in [1.165, 1.54) is 0 Å². The molecule has 27 heavy (non-hydrogen) atoms. The number of hydrogen-bond acceptors (Lipinski definition) is 5. The van der Waals surface area contributed by atoms with Crippen molar-refractivity contribution in [2.24, 2.45) is 0 Å². The second kappa shape index (κ2) is 7.68. The summed E-state index contributed by atoms with van der Waals surface area (Å²) in [5.74, 6) is 0.719. The van der Waals surface area contributed by atoms with Gasteiger partial charge in [-0.2, -0.15) is 0 Å². The molecule has 0 N–H and O–H groups in total. The summed E-state index contributed by atoms with van der Waals surface area (Å²) in [6.45, 7) is 6.69. The lowest BCUT2D eigenvalue weighted by Crippen LogP contribution is -2.38. The molecule has 1 aromatic heterocycles. The predicted octanol–water partition coefficient (Wildman–Crippen LogP) is 4.36. The Morgan fingerprint density at radius 3 is 2.33 bits per heavy atom. The summed E-state index contributed by atoms with van der Waals surface area (Å²) >= 11 is 6.16. The van der Waals surface area contributed by atoms with Gasteiger partial charge in [-0.15, -0.1) is 0 Å². The van der Waals surface area contributed by atoms with Crippen LogP contribution in [0.5, 0.6) is 5.75 Å². The Labute approximate surface area is 166 Å². The van der Waals surface area contributed by atoms with Crippen LogP contribution in [0.4, 0.5) is 5.69 Å². The van der Waals surface area contributed by atoms with Gasteiger partial charge in [-0.05, 0) is 45.0 Å². The highest BCUT2D eigenvalue weighted by Gasteiger charge is 2.32. The predicted molar refractivity (Wildman–Crippen MR) is 108 cm³/mol. The van der Waals surface area contributed by atoms with Crippen molar-refractivity contribution in [3.05, 3.63) is 47.6 Å². The first-order chi connectivity index (χ1) is 12.7. The minimum absolute atomic E-state index is 0.120. The number of para-hydroxylation sites is 1. The van der Waals surface area contributed by atoms with Gasteiger partial charge in [0.15, 0.2) is 14.9 Å². The van der Waals surface area contributed by atoms with Crippen molar-refractivity contribution in [2.75, 3.05) is 18.0 Å². The molecule has 1 aliphatic rings. The zero-order valence-electron chi connectivity index (χ0n) is 15.9. The Balaban J connectivity index is 1.62. The summed E-state index contributed by atoms with van der Waals surface area (Å²) in [5.41, 5.74) is 0.930. The number of pyridine rings is 1. The zero-order valence-corrected chi connectivity index (χ0v) is 17.4. The van der Waals surface area contributed by atoms with Crippen LogP contribution in [-0.2, 0) is 9.84 Å². The van der Waals surface area contributed by atoms with Crippen molar-refractivity contribution < 1.29 is 13.2 Å². The molecule has 3 rings (SSSR count). The van der Waals surface area contributed by atoms with Crippen LogP contribution >= 0.6 is 11.6 Å². The topological polar surface area (TPSA) is 59.5 Å². The van der Waals surface area contributed by atoms with E-state index >= 15 is 0 Å². The fourth-order valence-corrected chi connectivity index (χ4v) is 4.23. The number of halogens is 1. The fraction of sp³-hybridized carbons (Fsp3) is 0.450. The van der Waals surface area contributed by atoms with Crippen LogP contribution in [0.15, 0.2) is 47.6 Å². The lowest BCUT2D eigenvalue weighted by molar-refractivity contribution is 0.171. The fourth-order valence-electron chi connectivity index (χ4n) is 2.98. The van der Waals surface area contributed by atoms with Gasteiger partial charge in [-0.1, -0.05) is 23.7 Å².